The van der Waals surface area contributed by atoms with Crippen LogP contribution in [-0.4, -0.2) is 37.9 Å². The first-order valence-electron chi connectivity index (χ1n) is 7.68. The van der Waals surface area contributed by atoms with Crippen LogP contribution in [0.1, 0.15) is 44.8 Å². The zero-order chi connectivity index (χ0) is 15.6. The lowest BCUT2D eigenvalue weighted by molar-refractivity contribution is 0.428. The highest BCUT2D eigenvalue weighted by molar-refractivity contribution is 7.89. The van der Waals surface area contributed by atoms with Gasteiger partial charge >= 0.3 is 0 Å². The number of nitrogens with zero attached hydrogens (tertiary/aromatic N) is 2. The Bertz CT molecular complexity index is 574. The number of aromatic nitrogens is 1. The maximum Gasteiger partial charge on any atom is 0.244 e. The van der Waals surface area contributed by atoms with Crippen LogP contribution in [0, 0.1) is 5.92 Å². The van der Waals surface area contributed by atoms with Crippen LogP contribution in [0.15, 0.2) is 17.2 Å². The molecule has 0 atom stereocenters. The predicted octanol–water partition coefficient (Wildman–Crippen LogP) is 2.21. The van der Waals surface area contributed by atoms with E-state index in [9.17, 15) is 8.42 Å². The van der Waals surface area contributed by atoms with Crippen molar-refractivity contribution >= 4 is 10.0 Å². The van der Waals surface area contributed by atoms with Crippen LogP contribution in [-0.2, 0) is 16.6 Å². The fourth-order valence-electron chi connectivity index (χ4n) is 2.39. The van der Waals surface area contributed by atoms with Crippen molar-refractivity contribution in [3.8, 4) is 0 Å². The molecule has 1 fully saturated rings. The number of hydrogen-bond donors (Lipinski definition) is 1. The van der Waals surface area contributed by atoms with Crippen molar-refractivity contribution in [2.45, 2.75) is 50.6 Å². The Labute approximate surface area is 128 Å². The largest absolute Gasteiger partial charge is 0.346 e. The van der Waals surface area contributed by atoms with Gasteiger partial charge in [-0.25, -0.2) is 12.7 Å². The second-order valence-corrected chi connectivity index (χ2v) is 8.39. The third kappa shape index (κ3) is 3.87. The Morgan fingerprint density at radius 3 is 2.62 bits per heavy atom. The van der Waals surface area contributed by atoms with Crippen LogP contribution in [0.5, 0.6) is 0 Å². The monoisotopic (exact) mass is 313 g/mol. The van der Waals surface area contributed by atoms with Crippen molar-refractivity contribution in [1.29, 1.82) is 0 Å². The second kappa shape index (κ2) is 6.50. The molecule has 0 unspecified atom stereocenters. The van der Waals surface area contributed by atoms with Gasteiger partial charge in [-0.3, -0.25) is 0 Å². The van der Waals surface area contributed by atoms with Crippen molar-refractivity contribution in [1.82, 2.24) is 14.2 Å². The van der Waals surface area contributed by atoms with Gasteiger partial charge in [0.1, 0.15) is 4.90 Å². The summed E-state index contributed by atoms with van der Waals surface area (Å²) in [7, 11) is 0.177. The van der Waals surface area contributed by atoms with Gasteiger partial charge in [0.25, 0.3) is 0 Å². The number of hydrogen-bond acceptors (Lipinski definition) is 3. The summed E-state index contributed by atoms with van der Waals surface area (Å²) < 4.78 is 28.9. The minimum Gasteiger partial charge on any atom is -0.346 e. The molecule has 0 saturated heterocycles. The van der Waals surface area contributed by atoms with Crippen molar-refractivity contribution in [3.05, 3.63) is 18.0 Å². The third-order valence-electron chi connectivity index (χ3n) is 3.93. The highest BCUT2D eigenvalue weighted by Crippen LogP contribution is 2.37. The smallest absolute Gasteiger partial charge is 0.244 e. The maximum atomic E-state index is 12.6. The molecular formula is C15H27N3O2S. The summed E-state index contributed by atoms with van der Waals surface area (Å²) in [6, 6.07) is 2.30. The Kier molecular flexibility index (Phi) is 5.11. The Morgan fingerprint density at radius 2 is 2.10 bits per heavy atom. The lowest BCUT2D eigenvalue weighted by atomic mass is 10.1. The van der Waals surface area contributed by atoms with Crippen molar-refractivity contribution in [2.75, 3.05) is 20.6 Å². The van der Waals surface area contributed by atoms with E-state index in [1.54, 1.807) is 7.05 Å². The molecule has 0 spiro atoms. The molecule has 1 aliphatic carbocycles. The SMILES string of the molecule is CNCc1cc(S(=O)(=O)N(C)CCC(C)C)cn1C1CC1. The van der Waals surface area contributed by atoms with E-state index in [1.807, 2.05) is 19.3 Å². The van der Waals surface area contributed by atoms with Crippen LogP contribution in [0.25, 0.3) is 0 Å². The topological polar surface area (TPSA) is 54.3 Å². The number of sulfonamides is 1. The summed E-state index contributed by atoms with van der Waals surface area (Å²) in [6.45, 7) is 5.47. The second-order valence-electron chi connectivity index (χ2n) is 6.35. The van der Waals surface area contributed by atoms with E-state index in [0.29, 0.717) is 29.9 Å². The summed E-state index contributed by atoms with van der Waals surface area (Å²) in [5.41, 5.74) is 1.05. The van der Waals surface area contributed by atoms with E-state index in [4.69, 9.17) is 0 Å². The molecule has 0 aliphatic heterocycles. The van der Waals surface area contributed by atoms with E-state index in [0.717, 1.165) is 25.0 Å². The lowest BCUT2D eigenvalue weighted by Crippen LogP contribution is -2.28. The molecule has 2 rings (SSSR count). The summed E-state index contributed by atoms with van der Waals surface area (Å²) in [5.74, 6) is 0.499. The van der Waals surface area contributed by atoms with Gasteiger partial charge in [0.15, 0.2) is 0 Å². The van der Waals surface area contributed by atoms with Gasteiger partial charge in [-0.05, 0) is 38.3 Å². The fourth-order valence-corrected chi connectivity index (χ4v) is 3.63. The zero-order valence-electron chi connectivity index (χ0n) is 13.5. The minimum atomic E-state index is -3.38. The molecule has 1 aliphatic rings. The van der Waals surface area contributed by atoms with Crippen molar-refractivity contribution in [2.24, 2.45) is 5.92 Å². The molecule has 1 heterocycles. The molecule has 1 aromatic rings. The van der Waals surface area contributed by atoms with Gasteiger partial charge in [-0.2, -0.15) is 0 Å². The molecule has 0 amide bonds. The average Bonchev–Trinajstić information content (AvgIpc) is 3.17. The van der Waals surface area contributed by atoms with E-state index in [1.165, 1.54) is 4.31 Å². The van der Waals surface area contributed by atoms with Gasteiger partial charge in [0, 0.05) is 38.1 Å². The third-order valence-corrected chi connectivity index (χ3v) is 5.76. The number of rotatable bonds is 8. The first kappa shape index (κ1) is 16.5. The average molecular weight is 313 g/mol. The molecule has 1 saturated carbocycles. The zero-order valence-corrected chi connectivity index (χ0v) is 14.3. The van der Waals surface area contributed by atoms with Crippen LogP contribution in [0.4, 0.5) is 0 Å². The Hall–Kier alpha value is -0.850. The Morgan fingerprint density at radius 1 is 1.43 bits per heavy atom. The molecule has 120 valence electrons. The van der Waals surface area contributed by atoms with Gasteiger partial charge in [0.2, 0.25) is 10.0 Å². The van der Waals surface area contributed by atoms with Crippen LogP contribution in [0.2, 0.25) is 0 Å². The summed E-state index contributed by atoms with van der Waals surface area (Å²) in [6.07, 6.45) is 4.98. The molecule has 1 aromatic heterocycles. The van der Waals surface area contributed by atoms with E-state index >= 15 is 0 Å². The van der Waals surface area contributed by atoms with Gasteiger partial charge in [-0.1, -0.05) is 13.8 Å². The normalized spacial score (nSPS) is 16.1. The highest BCUT2D eigenvalue weighted by Gasteiger charge is 2.29. The molecular weight excluding hydrogens is 286 g/mol. The van der Waals surface area contributed by atoms with Crippen molar-refractivity contribution < 1.29 is 8.42 Å². The minimum absolute atomic E-state index is 0.422. The van der Waals surface area contributed by atoms with Crippen LogP contribution < -0.4 is 5.32 Å². The predicted molar refractivity (Wildman–Crippen MR) is 84.7 cm³/mol. The van der Waals surface area contributed by atoms with Crippen LogP contribution >= 0.6 is 0 Å². The Balaban J connectivity index is 2.21. The highest BCUT2D eigenvalue weighted by atomic mass is 32.2. The standard InChI is InChI=1S/C15H27N3O2S/c1-12(2)7-8-17(4)21(19,20)15-9-14(10-16-3)18(11-15)13-5-6-13/h9,11-13,16H,5-8,10H2,1-4H3. The van der Waals surface area contributed by atoms with E-state index in [-0.39, 0.29) is 0 Å². The quantitative estimate of drug-likeness (QED) is 0.800. The van der Waals surface area contributed by atoms with Gasteiger partial charge < -0.3 is 9.88 Å². The maximum absolute atomic E-state index is 12.6. The molecule has 0 aromatic carbocycles. The molecule has 21 heavy (non-hydrogen) atoms. The fraction of sp³-hybridized carbons (Fsp3) is 0.733. The first-order chi connectivity index (χ1) is 9.86. The molecule has 0 bridgehead atoms. The first-order valence-corrected chi connectivity index (χ1v) is 9.12. The number of nitrogens with one attached hydrogen (secondary N) is 1. The van der Waals surface area contributed by atoms with Gasteiger partial charge in [0.05, 0.1) is 0 Å². The summed E-state index contributed by atoms with van der Waals surface area (Å²) in [4.78, 5) is 0.422. The van der Waals surface area contributed by atoms with Gasteiger partial charge in [-0.15, -0.1) is 0 Å². The summed E-state index contributed by atoms with van der Waals surface area (Å²) >= 11 is 0. The molecule has 1 N–H and O–H groups in total. The van der Waals surface area contributed by atoms with E-state index < -0.39 is 10.0 Å². The van der Waals surface area contributed by atoms with Crippen molar-refractivity contribution in [3.63, 3.8) is 0 Å². The molecule has 5 nitrogen and oxygen atoms in total. The molecule has 0 radical (unpaired) electrons. The lowest BCUT2D eigenvalue weighted by Gasteiger charge is -2.17. The van der Waals surface area contributed by atoms with Crippen LogP contribution in [0.3, 0.4) is 0 Å². The summed E-state index contributed by atoms with van der Waals surface area (Å²) in [5, 5.41) is 3.11. The van der Waals surface area contributed by atoms with E-state index in [2.05, 4.69) is 23.7 Å². The molecule has 6 heteroatoms.